The summed E-state index contributed by atoms with van der Waals surface area (Å²) in [4.78, 5) is 15.7. The first-order valence-corrected chi connectivity index (χ1v) is 4.89. The molecule has 16 heavy (non-hydrogen) atoms. The minimum absolute atomic E-state index is 0.135. The van der Waals surface area contributed by atoms with Crippen LogP contribution in [0, 0.1) is 6.92 Å². The fourth-order valence-electron chi connectivity index (χ4n) is 1.38. The van der Waals surface area contributed by atoms with Gasteiger partial charge in [-0.25, -0.2) is 4.68 Å². The second kappa shape index (κ2) is 4.14. The third kappa shape index (κ3) is 2.25. The second-order valence-corrected chi connectivity index (χ2v) is 3.61. The zero-order valence-corrected chi connectivity index (χ0v) is 8.92. The van der Waals surface area contributed by atoms with E-state index in [4.69, 9.17) is 5.73 Å². The summed E-state index contributed by atoms with van der Waals surface area (Å²) in [5, 5.41) is 4.03. The van der Waals surface area contributed by atoms with E-state index in [2.05, 4.69) is 10.1 Å². The molecule has 0 saturated carbocycles. The Labute approximate surface area is 92.6 Å². The molecule has 0 aliphatic carbocycles. The first-order valence-electron chi connectivity index (χ1n) is 4.89. The van der Waals surface area contributed by atoms with E-state index in [9.17, 15) is 4.79 Å². The molecule has 2 rings (SSSR count). The van der Waals surface area contributed by atoms with Crippen LogP contribution in [-0.2, 0) is 6.54 Å². The predicted octanol–water partition coefficient (Wildman–Crippen LogP) is 0.577. The summed E-state index contributed by atoms with van der Waals surface area (Å²) in [5.74, 6) is 0. The van der Waals surface area contributed by atoms with Crippen LogP contribution in [0.2, 0.25) is 0 Å². The average Bonchev–Trinajstić information content (AvgIpc) is 2.22. The molecule has 2 aromatic rings. The van der Waals surface area contributed by atoms with Gasteiger partial charge in [-0.15, -0.1) is 0 Å². The summed E-state index contributed by atoms with van der Waals surface area (Å²) < 4.78 is 1.36. The maximum absolute atomic E-state index is 11.6. The molecule has 2 N–H and O–H groups in total. The highest BCUT2D eigenvalue weighted by molar-refractivity contribution is 5.37. The number of nitrogens with zero attached hydrogens (tertiary/aromatic N) is 3. The van der Waals surface area contributed by atoms with Gasteiger partial charge in [0.15, 0.2) is 0 Å². The molecular weight excluding hydrogens is 204 g/mol. The zero-order chi connectivity index (χ0) is 11.5. The first-order chi connectivity index (χ1) is 7.65. The number of nitrogens with two attached hydrogens (primary N) is 1. The topological polar surface area (TPSA) is 73.8 Å². The number of pyridine rings is 1. The Morgan fingerprint density at radius 2 is 2.25 bits per heavy atom. The number of nitrogen functional groups attached to an aromatic ring is 1. The molecule has 0 spiro atoms. The van der Waals surface area contributed by atoms with E-state index >= 15 is 0 Å². The van der Waals surface area contributed by atoms with Crippen LogP contribution in [0.15, 0.2) is 35.4 Å². The molecule has 5 heteroatoms. The van der Waals surface area contributed by atoms with Gasteiger partial charge < -0.3 is 5.73 Å². The van der Waals surface area contributed by atoms with Gasteiger partial charge in [0.1, 0.15) is 0 Å². The standard InChI is InChI=1S/C11H12N4O/c1-8-4-11(16)15(14-6-8)7-10-5-9(12)2-3-13-10/h2-6H,7H2,1H3,(H2,12,13). The molecule has 0 saturated heterocycles. The van der Waals surface area contributed by atoms with Crippen LogP contribution in [0.3, 0.4) is 0 Å². The van der Waals surface area contributed by atoms with Crippen molar-refractivity contribution in [1.29, 1.82) is 0 Å². The Balaban J connectivity index is 2.31. The average molecular weight is 216 g/mol. The van der Waals surface area contributed by atoms with Crippen LogP contribution >= 0.6 is 0 Å². The number of anilines is 1. The van der Waals surface area contributed by atoms with Crippen molar-refractivity contribution in [3.63, 3.8) is 0 Å². The van der Waals surface area contributed by atoms with Crippen LogP contribution in [0.1, 0.15) is 11.3 Å². The van der Waals surface area contributed by atoms with Crippen molar-refractivity contribution < 1.29 is 0 Å². The third-order valence-electron chi connectivity index (χ3n) is 2.16. The quantitative estimate of drug-likeness (QED) is 0.796. The fourth-order valence-corrected chi connectivity index (χ4v) is 1.38. The Morgan fingerprint density at radius 1 is 1.44 bits per heavy atom. The van der Waals surface area contributed by atoms with Crippen molar-refractivity contribution in [3.8, 4) is 0 Å². The number of aromatic nitrogens is 3. The van der Waals surface area contributed by atoms with E-state index < -0.39 is 0 Å². The predicted molar refractivity (Wildman–Crippen MR) is 61.0 cm³/mol. The van der Waals surface area contributed by atoms with Crippen molar-refractivity contribution in [2.24, 2.45) is 0 Å². The Kier molecular flexibility index (Phi) is 2.68. The monoisotopic (exact) mass is 216 g/mol. The summed E-state index contributed by atoms with van der Waals surface area (Å²) >= 11 is 0. The summed E-state index contributed by atoms with van der Waals surface area (Å²) in [6.45, 7) is 2.17. The smallest absolute Gasteiger partial charge is 0.267 e. The van der Waals surface area contributed by atoms with Gasteiger partial charge in [-0.1, -0.05) is 0 Å². The van der Waals surface area contributed by atoms with Crippen molar-refractivity contribution in [3.05, 3.63) is 52.2 Å². The molecular formula is C11H12N4O. The fraction of sp³-hybridized carbons (Fsp3) is 0.182. The highest BCUT2D eigenvalue weighted by Crippen LogP contribution is 2.03. The van der Waals surface area contributed by atoms with Gasteiger partial charge in [-0.2, -0.15) is 5.10 Å². The molecule has 0 aliphatic rings. The van der Waals surface area contributed by atoms with E-state index in [1.54, 1.807) is 30.6 Å². The van der Waals surface area contributed by atoms with E-state index in [1.165, 1.54) is 4.68 Å². The maximum Gasteiger partial charge on any atom is 0.267 e. The Morgan fingerprint density at radius 3 is 2.94 bits per heavy atom. The van der Waals surface area contributed by atoms with E-state index in [0.717, 1.165) is 11.3 Å². The molecule has 0 fully saturated rings. The molecule has 2 heterocycles. The molecule has 0 radical (unpaired) electrons. The highest BCUT2D eigenvalue weighted by atomic mass is 16.1. The van der Waals surface area contributed by atoms with Gasteiger partial charge >= 0.3 is 0 Å². The molecule has 0 atom stereocenters. The SMILES string of the molecule is Cc1cnn(Cc2cc(N)ccn2)c(=O)c1. The van der Waals surface area contributed by atoms with Gasteiger partial charge in [0.2, 0.25) is 0 Å². The van der Waals surface area contributed by atoms with Crippen molar-refractivity contribution in [2.45, 2.75) is 13.5 Å². The van der Waals surface area contributed by atoms with Crippen LogP contribution in [-0.4, -0.2) is 14.8 Å². The lowest BCUT2D eigenvalue weighted by Gasteiger charge is -2.04. The minimum atomic E-state index is -0.135. The van der Waals surface area contributed by atoms with E-state index in [1.807, 2.05) is 6.92 Å². The molecule has 2 aromatic heterocycles. The summed E-state index contributed by atoms with van der Waals surface area (Å²) in [6, 6.07) is 4.97. The molecule has 0 bridgehead atoms. The number of rotatable bonds is 2. The number of hydrogen-bond donors (Lipinski definition) is 1. The number of hydrogen-bond acceptors (Lipinski definition) is 4. The molecule has 0 amide bonds. The van der Waals surface area contributed by atoms with Gasteiger partial charge in [-0.05, 0) is 24.6 Å². The van der Waals surface area contributed by atoms with Crippen molar-refractivity contribution in [2.75, 3.05) is 5.73 Å². The first kappa shape index (κ1) is 10.4. The summed E-state index contributed by atoms with van der Waals surface area (Å²) in [5.41, 5.74) is 7.69. The lowest BCUT2D eigenvalue weighted by molar-refractivity contribution is 0.625. The van der Waals surface area contributed by atoms with E-state index in [-0.39, 0.29) is 5.56 Å². The second-order valence-electron chi connectivity index (χ2n) is 3.61. The van der Waals surface area contributed by atoms with E-state index in [0.29, 0.717) is 12.2 Å². The summed E-state index contributed by atoms with van der Waals surface area (Å²) in [7, 11) is 0. The van der Waals surface area contributed by atoms with Crippen LogP contribution in [0.4, 0.5) is 5.69 Å². The number of aryl methyl sites for hydroxylation is 1. The normalized spacial score (nSPS) is 10.3. The highest BCUT2D eigenvalue weighted by Gasteiger charge is 2.00. The zero-order valence-electron chi connectivity index (χ0n) is 8.92. The van der Waals surface area contributed by atoms with Crippen LogP contribution in [0.25, 0.3) is 0 Å². The largest absolute Gasteiger partial charge is 0.399 e. The van der Waals surface area contributed by atoms with Crippen molar-refractivity contribution in [1.82, 2.24) is 14.8 Å². The maximum atomic E-state index is 11.6. The lowest BCUT2D eigenvalue weighted by atomic mass is 10.3. The van der Waals surface area contributed by atoms with Gasteiger partial charge in [0.25, 0.3) is 5.56 Å². The van der Waals surface area contributed by atoms with Crippen LogP contribution in [0.5, 0.6) is 0 Å². The molecule has 0 aliphatic heterocycles. The molecule has 0 aromatic carbocycles. The molecule has 0 unspecified atom stereocenters. The van der Waals surface area contributed by atoms with Gasteiger partial charge in [0.05, 0.1) is 18.4 Å². The van der Waals surface area contributed by atoms with Gasteiger partial charge in [-0.3, -0.25) is 9.78 Å². The van der Waals surface area contributed by atoms with Gasteiger partial charge in [0, 0.05) is 18.0 Å². The van der Waals surface area contributed by atoms with Crippen molar-refractivity contribution >= 4 is 5.69 Å². The molecule has 82 valence electrons. The minimum Gasteiger partial charge on any atom is -0.399 e. The summed E-state index contributed by atoms with van der Waals surface area (Å²) in [6.07, 6.45) is 3.26. The third-order valence-corrected chi connectivity index (χ3v) is 2.16. The van der Waals surface area contributed by atoms with Crippen LogP contribution < -0.4 is 11.3 Å². The Bertz CT molecular complexity index is 562. The molecule has 5 nitrogen and oxygen atoms in total. The Hall–Kier alpha value is -2.17. The lowest BCUT2D eigenvalue weighted by Crippen LogP contribution is -2.23.